The maximum absolute atomic E-state index is 12.2. The van der Waals surface area contributed by atoms with Crippen molar-refractivity contribution in [2.24, 2.45) is 0 Å². The molecule has 0 spiro atoms. The van der Waals surface area contributed by atoms with Crippen molar-refractivity contribution in [2.75, 3.05) is 24.6 Å². The van der Waals surface area contributed by atoms with E-state index in [9.17, 15) is 8.42 Å². The third kappa shape index (κ3) is 2.79. The largest absolute Gasteiger partial charge is 0.392 e. The summed E-state index contributed by atoms with van der Waals surface area (Å²) < 4.78 is 25.8. The summed E-state index contributed by atoms with van der Waals surface area (Å²) >= 11 is 1.76. The maximum atomic E-state index is 12.2. The highest BCUT2D eigenvalue weighted by molar-refractivity contribution is 7.99. The minimum atomic E-state index is -3.46. The number of rotatable bonds is 3. The Morgan fingerprint density at radius 2 is 2.06 bits per heavy atom. The predicted octanol–water partition coefficient (Wildman–Crippen LogP) is 0.311. The van der Waals surface area contributed by atoms with Crippen LogP contribution in [0.1, 0.15) is 5.56 Å². The molecule has 1 aromatic rings. The van der Waals surface area contributed by atoms with Crippen molar-refractivity contribution >= 4 is 21.8 Å². The van der Waals surface area contributed by atoms with Crippen molar-refractivity contribution in [3.8, 4) is 0 Å². The van der Waals surface area contributed by atoms with Crippen molar-refractivity contribution in [1.29, 1.82) is 0 Å². The molecule has 1 saturated heterocycles. The number of aliphatic hydroxyl groups excluding tert-OH is 1. The zero-order valence-electron chi connectivity index (χ0n) is 9.24. The molecule has 0 unspecified atom stereocenters. The summed E-state index contributed by atoms with van der Waals surface area (Å²) in [5.41, 5.74) is 0.609. The van der Waals surface area contributed by atoms with Gasteiger partial charge in [0, 0.05) is 30.8 Å². The Morgan fingerprint density at radius 3 is 2.59 bits per heavy atom. The first-order valence-corrected chi connectivity index (χ1v) is 7.88. The van der Waals surface area contributed by atoms with Gasteiger partial charge >= 0.3 is 0 Å². The van der Waals surface area contributed by atoms with Crippen LogP contribution in [0.3, 0.4) is 0 Å². The van der Waals surface area contributed by atoms with Crippen LogP contribution in [0, 0.1) is 0 Å². The monoisotopic (exact) mass is 274 g/mol. The molecule has 1 aromatic heterocycles. The van der Waals surface area contributed by atoms with Gasteiger partial charge in [0.15, 0.2) is 5.03 Å². The molecule has 1 aliphatic heterocycles. The van der Waals surface area contributed by atoms with E-state index < -0.39 is 10.0 Å². The number of hydrogen-bond donors (Lipinski definition) is 1. The smallest absolute Gasteiger partial charge is 0.260 e. The Hall–Kier alpha value is -0.630. The fourth-order valence-electron chi connectivity index (χ4n) is 1.58. The molecular formula is C10H14N2O3S2. The summed E-state index contributed by atoms with van der Waals surface area (Å²) in [7, 11) is -3.46. The molecule has 0 radical (unpaired) electrons. The first kappa shape index (κ1) is 12.8. The van der Waals surface area contributed by atoms with Crippen molar-refractivity contribution in [3.63, 3.8) is 0 Å². The number of thioether (sulfide) groups is 1. The summed E-state index contributed by atoms with van der Waals surface area (Å²) in [5.74, 6) is 1.65. The highest BCUT2D eigenvalue weighted by atomic mass is 32.2. The van der Waals surface area contributed by atoms with Crippen molar-refractivity contribution in [3.05, 3.63) is 23.9 Å². The van der Waals surface area contributed by atoms with Crippen molar-refractivity contribution < 1.29 is 13.5 Å². The van der Waals surface area contributed by atoms with Gasteiger partial charge < -0.3 is 5.11 Å². The van der Waals surface area contributed by atoms with Crippen LogP contribution in [-0.2, 0) is 16.6 Å². The Morgan fingerprint density at radius 1 is 1.35 bits per heavy atom. The van der Waals surface area contributed by atoms with Crippen LogP contribution in [-0.4, -0.2) is 47.4 Å². The third-order valence-electron chi connectivity index (χ3n) is 2.55. The molecule has 0 saturated carbocycles. The molecule has 1 N–H and O–H groups in total. The van der Waals surface area contributed by atoms with Crippen LogP contribution in [0.5, 0.6) is 0 Å². The van der Waals surface area contributed by atoms with Crippen LogP contribution >= 0.6 is 11.8 Å². The molecule has 0 aliphatic carbocycles. The van der Waals surface area contributed by atoms with E-state index in [1.165, 1.54) is 16.6 Å². The zero-order valence-corrected chi connectivity index (χ0v) is 10.9. The van der Waals surface area contributed by atoms with E-state index in [-0.39, 0.29) is 11.6 Å². The van der Waals surface area contributed by atoms with Gasteiger partial charge in [-0.2, -0.15) is 16.1 Å². The Kier molecular flexibility index (Phi) is 4.03. The lowest BCUT2D eigenvalue weighted by atomic mass is 10.3. The molecule has 1 fully saturated rings. The second kappa shape index (κ2) is 5.34. The summed E-state index contributed by atoms with van der Waals surface area (Å²) in [6.45, 7) is 0.945. The molecule has 0 aromatic carbocycles. The van der Waals surface area contributed by atoms with E-state index in [1.54, 1.807) is 17.8 Å². The maximum Gasteiger partial charge on any atom is 0.260 e. The van der Waals surface area contributed by atoms with E-state index in [1.807, 2.05) is 0 Å². The van der Waals surface area contributed by atoms with Crippen LogP contribution in [0.25, 0.3) is 0 Å². The highest BCUT2D eigenvalue weighted by Gasteiger charge is 2.26. The lowest BCUT2D eigenvalue weighted by Gasteiger charge is -2.25. The Balaban J connectivity index is 2.23. The van der Waals surface area contributed by atoms with Crippen LogP contribution in [0.15, 0.2) is 23.4 Å². The summed E-state index contributed by atoms with van der Waals surface area (Å²) in [4.78, 5) is 3.90. The van der Waals surface area contributed by atoms with E-state index >= 15 is 0 Å². The minimum Gasteiger partial charge on any atom is -0.392 e. The first-order chi connectivity index (χ1) is 8.14. The molecule has 7 heteroatoms. The van der Waals surface area contributed by atoms with Gasteiger partial charge in [-0.3, -0.25) is 0 Å². The summed E-state index contributed by atoms with van der Waals surface area (Å²) in [6, 6.07) is 3.03. The topological polar surface area (TPSA) is 70.5 Å². The number of aromatic nitrogens is 1. The number of hydrogen-bond acceptors (Lipinski definition) is 5. The number of sulfonamides is 1. The van der Waals surface area contributed by atoms with Gasteiger partial charge in [0.05, 0.1) is 6.61 Å². The number of nitrogens with zero attached hydrogens (tertiary/aromatic N) is 2. The summed E-state index contributed by atoms with van der Waals surface area (Å²) in [5, 5.41) is 8.93. The van der Waals surface area contributed by atoms with E-state index in [0.717, 1.165) is 11.5 Å². The molecule has 0 bridgehead atoms. The van der Waals surface area contributed by atoms with Gasteiger partial charge in [0.1, 0.15) is 0 Å². The Bertz CT molecular complexity index is 467. The Labute approximate surface area is 105 Å². The highest BCUT2D eigenvalue weighted by Crippen LogP contribution is 2.18. The quantitative estimate of drug-likeness (QED) is 0.859. The lowest BCUT2D eigenvalue weighted by Crippen LogP contribution is -2.38. The molecule has 0 atom stereocenters. The third-order valence-corrected chi connectivity index (χ3v) is 5.31. The van der Waals surface area contributed by atoms with Gasteiger partial charge in [-0.25, -0.2) is 13.4 Å². The zero-order chi connectivity index (χ0) is 12.3. The van der Waals surface area contributed by atoms with Gasteiger partial charge in [0.25, 0.3) is 10.0 Å². The fraction of sp³-hybridized carbons (Fsp3) is 0.500. The molecule has 94 valence electrons. The number of aliphatic hydroxyl groups is 1. The molecule has 1 aliphatic rings. The second-order valence-electron chi connectivity index (χ2n) is 3.68. The van der Waals surface area contributed by atoms with Crippen LogP contribution in [0.4, 0.5) is 0 Å². The van der Waals surface area contributed by atoms with Gasteiger partial charge in [0.2, 0.25) is 0 Å². The van der Waals surface area contributed by atoms with E-state index in [2.05, 4.69) is 4.98 Å². The lowest BCUT2D eigenvalue weighted by molar-refractivity contribution is 0.281. The van der Waals surface area contributed by atoms with Crippen LogP contribution in [0.2, 0.25) is 0 Å². The molecular weight excluding hydrogens is 260 g/mol. The van der Waals surface area contributed by atoms with Crippen molar-refractivity contribution in [2.45, 2.75) is 11.6 Å². The minimum absolute atomic E-state index is 0.0570. The first-order valence-electron chi connectivity index (χ1n) is 5.28. The predicted molar refractivity (Wildman–Crippen MR) is 66.2 cm³/mol. The average Bonchev–Trinajstić information content (AvgIpc) is 2.40. The molecule has 2 rings (SSSR count). The molecule has 0 amide bonds. The van der Waals surface area contributed by atoms with E-state index in [0.29, 0.717) is 18.7 Å². The molecule has 2 heterocycles. The SMILES string of the molecule is O=S(=O)(c1ccc(CO)cn1)N1CCSCC1. The standard InChI is InChI=1S/C10H14N2O3S2/c13-8-9-1-2-10(11-7-9)17(14,15)12-3-5-16-6-4-12/h1-2,7,13H,3-6,8H2. The number of pyridine rings is 1. The molecule has 17 heavy (non-hydrogen) atoms. The van der Waals surface area contributed by atoms with Crippen LogP contribution < -0.4 is 0 Å². The fourth-order valence-corrected chi connectivity index (χ4v) is 4.06. The molecule has 5 nitrogen and oxygen atoms in total. The normalized spacial score (nSPS) is 18.2. The average molecular weight is 274 g/mol. The summed E-state index contributed by atoms with van der Waals surface area (Å²) in [6.07, 6.45) is 1.39. The van der Waals surface area contributed by atoms with E-state index in [4.69, 9.17) is 5.11 Å². The van der Waals surface area contributed by atoms with Gasteiger partial charge in [-0.1, -0.05) is 6.07 Å². The van der Waals surface area contributed by atoms with Gasteiger partial charge in [-0.05, 0) is 11.6 Å². The van der Waals surface area contributed by atoms with Crippen molar-refractivity contribution in [1.82, 2.24) is 9.29 Å². The second-order valence-corrected chi connectivity index (χ2v) is 6.79. The van der Waals surface area contributed by atoms with Gasteiger partial charge in [-0.15, -0.1) is 0 Å².